The van der Waals surface area contributed by atoms with E-state index in [-0.39, 0.29) is 5.91 Å². The summed E-state index contributed by atoms with van der Waals surface area (Å²) in [5.74, 6) is 0.139. The molecule has 0 rings (SSSR count). The van der Waals surface area contributed by atoms with Crippen LogP contribution in [0.25, 0.3) is 0 Å². The lowest BCUT2D eigenvalue weighted by Gasteiger charge is -2.07. The third-order valence-electron chi connectivity index (χ3n) is 6.34. The summed E-state index contributed by atoms with van der Waals surface area (Å²) in [4.78, 5) is 23.5. The van der Waals surface area contributed by atoms with Crippen molar-refractivity contribution in [1.29, 1.82) is 0 Å². The van der Waals surface area contributed by atoms with E-state index >= 15 is 0 Å². The minimum Gasteiger partial charge on any atom is -0.434 e. The first kappa shape index (κ1) is 32.7. The standard InChI is InChI=1S/C29H57NO4/c1-3-5-7-9-11-13-14-16-18-22-26-33-29(32)34-27-23-19-20-24-28(31)30-25-21-17-15-12-10-8-6-4-2/h3-27H2,1-2H3,(H,30,31). The quantitative estimate of drug-likeness (QED) is 0.0985. The molecule has 0 aromatic rings. The van der Waals surface area contributed by atoms with Crippen molar-refractivity contribution in [2.75, 3.05) is 19.8 Å². The zero-order chi connectivity index (χ0) is 25.0. The van der Waals surface area contributed by atoms with E-state index in [9.17, 15) is 9.59 Å². The van der Waals surface area contributed by atoms with Gasteiger partial charge in [0.05, 0.1) is 13.2 Å². The minimum absolute atomic E-state index is 0.139. The molecule has 0 spiro atoms. The molecule has 0 heterocycles. The number of carbonyl (C=O) groups excluding carboxylic acids is 2. The Morgan fingerprint density at radius 3 is 1.35 bits per heavy atom. The van der Waals surface area contributed by atoms with Crippen molar-refractivity contribution in [2.24, 2.45) is 0 Å². The fourth-order valence-corrected chi connectivity index (χ4v) is 4.08. The lowest BCUT2D eigenvalue weighted by molar-refractivity contribution is -0.121. The maximum atomic E-state index is 11.9. The Hall–Kier alpha value is -1.26. The Balaban J connectivity index is 3.27. The lowest BCUT2D eigenvalue weighted by atomic mass is 10.1. The Labute approximate surface area is 211 Å². The number of rotatable bonds is 26. The molecule has 0 atom stereocenters. The summed E-state index contributed by atoms with van der Waals surface area (Å²) in [5, 5.41) is 3.01. The predicted octanol–water partition coefficient (Wildman–Crippen LogP) is 8.88. The maximum absolute atomic E-state index is 11.9. The van der Waals surface area contributed by atoms with Crippen LogP contribution in [0, 0.1) is 0 Å². The van der Waals surface area contributed by atoms with E-state index in [0.29, 0.717) is 19.6 Å². The van der Waals surface area contributed by atoms with Crippen LogP contribution in [0.2, 0.25) is 0 Å². The molecule has 0 saturated carbocycles. The smallest absolute Gasteiger partial charge is 0.434 e. The van der Waals surface area contributed by atoms with E-state index in [1.54, 1.807) is 0 Å². The van der Waals surface area contributed by atoms with Crippen LogP contribution in [0.5, 0.6) is 0 Å². The van der Waals surface area contributed by atoms with Crippen molar-refractivity contribution >= 4 is 12.1 Å². The van der Waals surface area contributed by atoms with Crippen LogP contribution in [0.4, 0.5) is 4.79 Å². The zero-order valence-electron chi connectivity index (χ0n) is 22.8. The summed E-state index contributed by atoms with van der Waals surface area (Å²) < 4.78 is 10.2. The first-order valence-corrected chi connectivity index (χ1v) is 14.8. The minimum atomic E-state index is -0.556. The van der Waals surface area contributed by atoms with Gasteiger partial charge < -0.3 is 14.8 Å². The molecular formula is C29H57NO4. The van der Waals surface area contributed by atoms with E-state index in [1.165, 1.54) is 96.3 Å². The molecule has 0 fully saturated rings. The average Bonchev–Trinajstić information content (AvgIpc) is 2.83. The summed E-state index contributed by atoms with van der Waals surface area (Å²) in [6, 6.07) is 0. The number of amides is 1. The highest BCUT2D eigenvalue weighted by molar-refractivity contribution is 5.75. The van der Waals surface area contributed by atoms with Gasteiger partial charge in [0.25, 0.3) is 0 Å². The Morgan fingerprint density at radius 1 is 0.500 bits per heavy atom. The second kappa shape index (κ2) is 28.0. The molecular weight excluding hydrogens is 426 g/mol. The van der Waals surface area contributed by atoms with Crippen molar-refractivity contribution in [3.05, 3.63) is 0 Å². The second-order valence-corrected chi connectivity index (χ2v) is 9.76. The van der Waals surface area contributed by atoms with Gasteiger partial charge in [-0.15, -0.1) is 0 Å². The molecule has 0 aliphatic rings. The Bertz CT molecular complexity index is 442. The van der Waals surface area contributed by atoms with Crippen molar-refractivity contribution in [1.82, 2.24) is 5.32 Å². The van der Waals surface area contributed by atoms with E-state index in [0.717, 1.165) is 45.1 Å². The van der Waals surface area contributed by atoms with Crippen LogP contribution in [-0.2, 0) is 14.3 Å². The molecule has 0 unspecified atom stereocenters. The largest absolute Gasteiger partial charge is 0.508 e. The average molecular weight is 484 g/mol. The molecule has 5 nitrogen and oxygen atoms in total. The van der Waals surface area contributed by atoms with Crippen molar-refractivity contribution in [2.45, 2.75) is 155 Å². The summed E-state index contributed by atoms with van der Waals surface area (Å²) in [6.07, 6.45) is 25.4. The number of hydrogen-bond acceptors (Lipinski definition) is 4. The zero-order valence-corrected chi connectivity index (χ0v) is 22.8. The van der Waals surface area contributed by atoms with Gasteiger partial charge in [-0.25, -0.2) is 4.79 Å². The van der Waals surface area contributed by atoms with Gasteiger partial charge in [0.2, 0.25) is 5.91 Å². The summed E-state index contributed by atoms with van der Waals surface area (Å²) in [5.41, 5.74) is 0. The van der Waals surface area contributed by atoms with Gasteiger partial charge in [-0.05, 0) is 32.1 Å². The van der Waals surface area contributed by atoms with E-state index < -0.39 is 6.16 Å². The monoisotopic (exact) mass is 483 g/mol. The molecule has 0 aliphatic carbocycles. The Kier molecular flexibility index (Phi) is 26.9. The van der Waals surface area contributed by atoms with Crippen LogP contribution in [0.3, 0.4) is 0 Å². The predicted molar refractivity (Wildman–Crippen MR) is 143 cm³/mol. The SMILES string of the molecule is CCCCCCCCCCCCOC(=O)OCCCCCC(=O)NCCCCCCCCCC. The topological polar surface area (TPSA) is 64.6 Å². The molecule has 0 aromatic heterocycles. The number of nitrogens with one attached hydrogen (secondary N) is 1. The highest BCUT2D eigenvalue weighted by atomic mass is 16.7. The second-order valence-electron chi connectivity index (χ2n) is 9.76. The van der Waals surface area contributed by atoms with E-state index in [4.69, 9.17) is 9.47 Å². The number of unbranched alkanes of at least 4 members (excludes halogenated alkanes) is 18. The summed E-state index contributed by atoms with van der Waals surface area (Å²) >= 11 is 0. The number of carbonyl (C=O) groups is 2. The van der Waals surface area contributed by atoms with Gasteiger partial charge in [0.15, 0.2) is 0 Å². The fraction of sp³-hybridized carbons (Fsp3) is 0.931. The summed E-state index contributed by atoms with van der Waals surface area (Å²) in [6.45, 7) is 6.11. The first-order valence-electron chi connectivity index (χ1n) is 14.8. The third kappa shape index (κ3) is 27.0. The van der Waals surface area contributed by atoms with Crippen LogP contribution < -0.4 is 5.32 Å². The molecule has 0 aromatic carbocycles. The van der Waals surface area contributed by atoms with Gasteiger partial charge in [0.1, 0.15) is 0 Å². The van der Waals surface area contributed by atoms with Crippen molar-refractivity contribution in [3.63, 3.8) is 0 Å². The van der Waals surface area contributed by atoms with Crippen molar-refractivity contribution in [3.8, 4) is 0 Å². The third-order valence-corrected chi connectivity index (χ3v) is 6.34. The van der Waals surface area contributed by atoms with Gasteiger partial charge >= 0.3 is 6.16 Å². The maximum Gasteiger partial charge on any atom is 0.508 e. The first-order chi connectivity index (χ1) is 16.7. The molecule has 1 amide bonds. The lowest BCUT2D eigenvalue weighted by Crippen LogP contribution is -2.24. The number of hydrogen-bond donors (Lipinski definition) is 1. The van der Waals surface area contributed by atoms with E-state index in [1.807, 2.05) is 0 Å². The number of ether oxygens (including phenoxy) is 2. The Morgan fingerprint density at radius 2 is 0.882 bits per heavy atom. The van der Waals surface area contributed by atoms with Crippen LogP contribution in [0.1, 0.15) is 155 Å². The molecule has 0 radical (unpaired) electrons. The van der Waals surface area contributed by atoms with Crippen molar-refractivity contribution < 1.29 is 19.1 Å². The highest BCUT2D eigenvalue weighted by Crippen LogP contribution is 2.11. The summed E-state index contributed by atoms with van der Waals surface area (Å²) in [7, 11) is 0. The molecule has 0 saturated heterocycles. The van der Waals surface area contributed by atoms with Gasteiger partial charge in [-0.3, -0.25) is 4.79 Å². The van der Waals surface area contributed by atoms with Gasteiger partial charge in [-0.1, -0.05) is 117 Å². The molecule has 1 N–H and O–H groups in total. The molecule has 0 bridgehead atoms. The highest BCUT2D eigenvalue weighted by Gasteiger charge is 2.04. The molecule has 202 valence electrons. The molecule has 0 aliphatic heterocycles. The van der Waals surface area contributed by atoms with Crippen LogP contribution in [0.15, 0.2) is 0 Å². The van der Waals surface area contributed by atoms with Crippen LogP contribution in [-0.4, -0.2) is 31.8 Å². The molecule has 5 heteroatoms. The van der Waals surface area contributed by atoms with Gasteiger partial charge in [-0.2, -0.15) is 0 Å². The van der Waals surface area contributed by atoms with Crippen LogP contribution >= 0.6 is 0 Å². The molecule has 34 heavy (non-hydrogen) atoms. The van der Waals surface area contributed by atoms with E-state index in [2.05, 4.69) is 19.2 Å². The van der Waals surface area contributed by atoms with Gasteiger partial charge in [0, 0.05) is 13.0 Å². The fourth-order valence-electron chi connectivity index (χ4n) is 4.08. The normalized spacial score (nSPS) is 10.9.